The van der Waals surface area contributed by atoms with E-state index in [2.05, 4.69) is 22.2 Å². The van der Waals surface area contributed by atoms with Crippen LogP contribution in [0.3, 0.4) is 0 Å². The number of aryl methyl sites for hydroxylation is 1. The van der Waals surface area contributed by atoms with Crippen molar-refractivity contribution in [2.45, 2.75) is 38.0 Å². The summed E-state index contributed by atoms with van der Waals surface area (Å²) < 4.78 is 31.6. The van der Waals surface area contributed by atoms with Crippen LogP contribution in [0.4, 0.5) is 0 Å². The third kappa shape index (κ3) is 3.99. The molecule has 3 heterocycles. The highest BCUT2D eigenvalue weighted by atomic mass is 32.2. The first-order valence-electron chi connectivity index (χ1n) is 8.77. The molecule has 136 valence electrons. The van der Waals surface area contributed by atoms with Gasteiger partial charge in [0.05, 0.1) is 36.0 Å². The number of morpholine rings is 1. The van der Waals surface area contributed by atoms with Gasteiger partial charge < -0.3 is 10.1 Å². The number of likely N-dealkylation sites (N-methyl/N-ethyl adjacent to an activating group) is 1. The number of sulfone groups is 1. The van der Waals surface area contributed by atoms with Crippen LogP contribution in [0.5, 0.6) is 0 Å². The fourth-order valence-corrected chi connectivity index (χ4v) is 5.50. The lowest BCUT2D eigenvalue weighted by molar-refractivity contribution is -0.0725. The molecule has 1 N–H and O–H groups in total. The van der Waals surface area contributed by atoms with E-state index >= 15 is 0 Å². The van der Waals surface area contributed by atoms with E-state index in [1.807, 2.05) is 24.0 Å². The number of ether oxygens (including phenoxy) is 1. The van der Waals surface area contributed by atoms with Gasteiger partial charge >= 0.3 is 0 Å². The van der Waals surface area contributed by atoms with Crippen molar-refractivity contribution in [3.63, 3.8) is 0 Å². The molecule has 24 heavy (non-hydrogen) atoms. The van der Waals surface area contributed by atoms with Crippen molar-refractivity contribution >= 4 is 9.84 Å². The van der Waals surface area contributed by atoms with Crippen LogP contribution in [-0.4, -0.2) is 73.0 Å². The molecule has 3 rings (SSSR count). The Morgan fingerprint density at radius 2 is 2.29 bits per heavy atom. The molecule has 2 saturated heterocycles. The van der Waals surface area contributed by atoms with Crippen molar-refractivity contribution in [2.24, 2.45) is 7.05 Å². The smallest absolute Gasteiger partial charge is 0.151 e. The minimum atomic E-state index is -2.89. The first-order chi connectivity index (χ1) is 11.5. The second-order valence-electron chi connectivity index (χ2n) is 6.72. The third-order valence-electron chi connectivity index (χ3n) is 5.09. The molecule has 0 saturated carbocycles. The summed E-state index contributed by atoms with van der Waals surface area (Å²) in [5.74, 6) is 0.569. The van der Waals surface area contributed by atoms with Crippen LogP contribution in [0.15, 0.2) is 12.3 Å². The summed E-state index contributed by atoms with van der Waals surface area (Å²) in [6, 6.07) is 2.22. The molecule has 0 aromatic carbocycles. The lowest BCUT2D eigenvalue weighted by Gasteiger charge is -2.41. The van der Waals surface area contributed by atoms with Gasteiger partial charge in [0.15, 0.2) is 9.84 Å². The van der Waals surface area contributed by atoms with E-state index in [1.54, 1.807) is 0 Å². The Hall–Kier alpha value is -0.960. The molecule has 2 aliphatic rings. The summed E-state index contributed by atoms with van der Waals surface area (Å²) in [5.41, 5.74) is 1.14. The summed E-state index contributed by atoms with van der Waals surface area (Å²) >= 11 is 0. The molecular weight excluding hydrogens is 328 g/mol. The molecule has 0 bridgehead atoms. The molecule has 2 aliphatic heterocycles. The quantitative estimate of drug-likeness (QED) is 0.820. The molecular formula is C16H28N4O3S. The summed E-state index contributed by atoms with van der Waals surface area (Å²) in [4.78, 5) is 2.41. The Kier molecular flexibility index (Phi) is 5.59. The monoisotopic (exact) mass is 356 g/mol. The van der Waals surface area contributed by atoms with Crippen molar-refractivity contribution < 1.29 is 13.2 Å². The summed E-state index contributed by atoms with van der Waals surface area (Å²) in [7, 11) is -0.937. The highest BCUT2D eigenvalue weighted by Gasteiger charge is 2.35. The molecule has 8 heteroatoms. The summed E-state index contributed by atoms with van der Waals surface area (Å²) in [6.07, 6.45) is 3.48. The molecule has 3 atom stereocenters. The normalized spacial score (nSPS) is 31.2. The Balaban J connectivity index is 1.69. The molecule has 0 spiro atoms. The Labute approximate surface area is 144 Å². The predicted octanol–water partition coefficient (Wildman–Crippen LogP) is 0.349. The van der Waals surface area contributed by atoms with Gasteiger partial charge in [0, 0.05) is 32.4 Å². The van der Waals surface area contributed by atoms with Crippen LogP contribution < -0.4 is 5.32 Å². The number of nitrogens with one attached hydrogen (secondary N) is 1. The molecule has 1 aromatic rings. The van der Waals surface area contributed by atoms with Gasteiger partial charge in [-0.05, 0) is 25.5 Å². The average molecular weight is 356 g/mol. The minimum absolute atomic E-state index is 0.00118. The maximum absolute atomic E-state index is 11.8. The maximum atomic E-state index is 11.8. The third-order valence-corrected chi connectivity index (χ3v) is 6.92. The van der Waals surface area contributed by atoms with Crippen LogP contribution in [-0.2, 0) is 21.6 Å². The number of rotatable bonds is 5. The maximum Gasteiger partial charge on any atom is 0.151 e. The van der Waals surface area contributed by atoms with Gasteiger partial charge in [0.2, 0.25) is 0 Å². The van der Waals surface area contributed by atoms with Gasteiger partial charge in [-0.1, -0.05) is 6.92 Å². The van der Waals surface area contributed by atoms with Crippen molar-refractivity contribution in [1.82, 2.24) is 20.0 Å². The van der Waals surface area contributed by atoms with Gasteiger partial charge in [0.1, 0.15) is 0 Å². The van der Waals surface area contributed by atoms with Crippen molar-refractivity contribution in [2.75, 3.05) is 37.7 Å². The number of nitrogens with zero attached hydrogens (tertiary/aromatic N) is 3. The van der Waals surface area contributed by atoms with E-state index < -0.39 is 9.84 Å². The van der Waals surface area contributed by atoms with Crippen LogP contribution in [0.25, 0.3) is 0 Å². The van der Waals surface area contributed by atoms with E-state index in [1.165, 1.54) is 0 Å². The molecule has 2 fully saturated rings. The molecule has 7 nitrogen and oxygen atoms in total. The first-order valence-corrected chi connectivity index (χ1v) is 10.6. The van der Waals surface area contributed by atoms with Gasteiger partial charge in [-0.3, -0.25) is 9.58 Å². The second-order valence-corrected chi connectivity index (χ2v) is 8.95. The fraction of sp³-hybridized carbons (Fsp3) is 0.812. The molecule has 1 unspecified atom stereocenters. The molecule has 0 amide bonds. The van der Waals surface area contributed by atoms with E-state index in [0.29, 0.717) is 18.9 Å². The Bertz CT molecular complexity index is 646. The Morgan fingerprint density at radius 1 is 1.46 bits per heavy atom. The van der Waals surface area contributed by atoms with Gasteiger partial charge in [-0.25, -0.2) is 8.42 Å². The van der Waals surface area contributed by atoms with Crippen molar-refractivity contribution in [3.8, 4) is 0 Å². The highest BCUT2D eigenvalue weighted by molar-refractivity contribution is 7.91. The van der Waals surface area contributed by atoms with Crippen LogP contribution in [0, 0.1) is 0 Å². The SMILES string of the molecule is CCN1CCO[C@@H](CNC2CCCS(=O)(=O)C2)[C@@H]1c1ccnn1C. The molecule has 0 aliphatic carbocycles. The zero-order chi connectivity index (χ0) is 17.2. The Morgan fingerprint density at radius 3 is 2.96 bits per heavy atom. The van der Waals surface area contributed by atoms with E-state index in [9.17, 15) is 8.42 Å². The highest BCUT2D eigenvalue weighted by Crippen LogP contribution is 2.29. The lowest BCUT2D eigenvalue weighted by atomic mass is 10.0. The van der Waals surface area contributed by atoms with E-state index in [-0.39, 0.29) is 23.9 Å². The van der Waals surface area contributed by atoms with Crippen molar-refractivity contribution in [3.05, 3.63) is 18.0 Å². The molecule has 1 aromatic heterocycles. The van der Waals surface area contributed by atoms with Crippen molar-refractivity contribution in [1.29, 1.82) is 0 Å². The summed E-state index contributed by atoms with van der Waals surface area (Å²) in [6.45, 7) is 5.38. The van der Waals surface area contributed by atoms with Crippen LogP contribution in [0.2, 0.25) is 0 Å². The predicted molar refractivity (Wildman–Crippen MR) is 92.6 cm³/mol. The standard InChI is InChI=1S/C16H28N4O3S/c1-3-20-8-9-23-15(16(20)14-6-7-18-19(14)2)11-17-13-5-4-10-24(21,22)12-13/h6-7,13,15-17H,3-5,8-12H2,1-2H3/t13?,15-,16-/m0/s1. The minimum Gasteiger partial charge on any atom is -0.374 e. The zero-order valence-electron chi connectivity index (χ0n) is 14.5. The second kappa shape index (κ2) is 7.51. The lowest BCUT2D eigenvalue weighted by Crippen LogP contribution is -2.52. The number of hydrogen-bond donors (Lipinski definition) is 1. The van der Waals surface area contributed by atoms with Crippen LogP contribution >= 0.6 is 0 Å². The summed E-state index contributed by atoms with van der Waals surface area (Å²) in [5, 5.41) is 7.74. The van der Waals surface area contributed by atoms with E-state index in [4.69, 9.17) is 4.74 Å². The fourth-order valence-electron chi connectivity index (χ4n) is 3.83. The number of hydrogen-bond acceptors (Lipinski definition) is 6. The average Bonchev–Trinajstić information content (AvgIpc) is 2.97. The largest absolute Gasteiger partial charge is 0.374 e. The topological polar surface area (TPSA) is 76.5 Å². The first kappa shape index (κ1) is 17.8. The van der Waals surface area contributed by atoms with Gasteiger partial charge in [-0.15, -0.1) is 0 Å². The van der Waals surface area contributed by atoms with Gasteiger partial charge in [0.25, 0.3) is 0 Å². The number of aromatic nitrogens is 2. The van der Waals surface area contributed by atoms with Gasteiger partial charge in [-0.2, -0.15) is 5.10 Å². The zero-order valence-corrected chi connectivity index (χ0v) is 15.3. The van der Waals surface area contributed by atoms with E-state index in [0.717, 1.165) is 31.6 Å². The molecule has 0 radical (unpaired) electrons. The van der Waals surface area contributed by atoms with Crippen LogP contribution in [0.1, 0.15) is 31.5 Å².